The Hall–Kier alpha value is -1.39. The van der Waals surface area contributed by atoms with Gasteiger partial charge in [0, 0.05) is 4.47 Å². The molecule has 0 unspecified atom stereocenters. The number of imidazole rings is 1. The third-order valence-corrected chi connectivity index (χ3v) is 3.63. The standard InChI is InChI=1S/C14H9BrClFN2/c15-9-5-6-13-11(7-9)18-14(8-16)19(13)12-4-2-1-3-10(12)17/h1-7H,8H2. The molecule has 2 aromatic carbocycles. The molecular weight excluding hydrogens is 331 g/mol. The minimum absolute atomic E-state index is 0.223. The van der Waals surface area contributed by atoms with Gasteiger partial charge in [0.05, 0.1) is 22.6 Å². The maximum absolute atomic E-state index is 14.0. The Bertz CT molecular complexity index is 754. The molecule has 0 amide bonds. The number of fused-ring (bicyclic) bond motifs is 1. The molecule has 1 heterocycles. The van der Waals surface area contributed by atoms with Crippen LogP contribution in [0.15, 0.2) is 46.9 Å². The molecule has 2 nitrogen and oxygen atoms in total. The van der Waals surface area contributed by atoms with Gasteiger partial charge in [0.15, 0.2) is 0 Å². The Balaban J connectivity index is 2.36. The van der Waals surface area contributed by atoms with Gasteiger partial charge in [-0.15, -0.1) is 11.6 Å². The fraction of sp³-hybridized carbons (Fsp3) is 0.0714. The molecule has 0 radical (unpaired) electrons. The third kappa shape index (κ3) is 2.15. The first-order chi connectivity index (χ1) is 9.20. The van der Waals surface area contributed by atoms with Gasteiger partial charge in [-0.3, -0.25) is 4.57 Å². The highest BCUT2D eigenvalue weighted by Gasteiger charge is 2.14. The monoisotopic (exact) mass is 338 g/mol. The molecule has 0 aliphatic rings. The lowest BCUT2D eigenvalue weighted by molar-refractivity contribution is 0.618. The van der Waals surface area contributed by atoms with Gasteiger partial charge in [0.1, 0.15) is 11.6 Å². The molecule has 0 saturated carbocycles. The largest absolute Gasteiger partial charge is 0.292 e. The van der Waals surface area contributed by atoms with Crippen LogP contribution >= 0.6 is 27.5 Å². The average Bonchev–Trinajstić information content (AvgIpc) is 2.76. The van der Waals surface area contributed by atoms with E-state index in [4.69, 9.17) is 11.6 Å². The van der Waals surface area contributed by atoms with Crippen molar-refractivity contribution in [1.29, 1.82) is 0 Å². The summed E-state index contributed by atoms with van der Waals surface area (Å²) in [5.74, 6) is 0.552. The number of halogens is 3. The van der Waals surface area contributed by atoms with Crippen molar-refractivity contribution in [3.8, 4) is 5.69 Å². The molecule has 3 aromatic rings. The van der Waals surface area contributed by atoms with E-state index in [2.05, 4.69) is 20.9 Å². The normalized spacial score (nSPS) is 11.1. The van der Waals surface area contributed by atoms with Crippen LogP contribution < -0.4 is 0 Å². The second-order valence-corrected chi connectivity index (χ2v) is 5.26. The SMILES string of the molecule is Fc1ccccc1-n1c(CCl)nc2cc(Br)ccc21. The highest BCUT2D eigenvalue weighted by molar-refractivity contribution is 9.10. The van der Waals surface area contributed by atoms with E-state index in [9.17, 15) is 4.39 Å². The summed E-state index contributed by atoms with van der Waals surface area (Å²) in [6, 6.07) is 12.3. The van der Waals surface area contributed by atoms with Gasteiger partial charge in [0.2, 0.25) is 0 Å². The third-order valence-electron chi connectivity index (χ3n) is 2.90. The number of hydrogen-bond acceptors (Lipinski definition) is 1. The van der Waals surface area contributed by atoms with Crippen LogP contribution in [-0.2, 0) is 5.88 Å². The Morgan fingerprint density at radius 2 is 2.00 bits per heavy atom. The molecule has 5 heteroatoms. The summed E-state index contributed by atoms with van der Waals surface area (Å²) in [5.41, 5.74) is 2.08. The molecule has 3 rings (SSSR count). The number of para-hydroxylation sites is 1. The number of nitrogens with zero attached hydrogens (tertiary/aromatic N) is 2. The summed E-state index contributed by atoms with van der Waals surface area (Å²) >= 11 is 9.33. The molecule has 1 aromatic heterocycles. The second-order valence-electron chi connectivity index (χ2n) is 4.08. The Morgan fingerprint density at radius 3 is 2.74 bits per heavy atom. The van der Waals surface area contributed by atoms with Gasteiger partial charge in [-0.25, -0.2) is 9.37 Å². The summed E-state index contributed by atoms with van der Waals surface area (Å²) in [4.78, 5) is 4.44. The van der Waals surface area contributed by atoms with Crippen molar-refractivity contribution in [2.24, 2.45) is 0 Å². The van der Waals surface area contributed by atoms with Gasteiger partial charge < -0.3 is 0 Å². The lowest BCUT2D eigenvalue weighted by atomic mass is 10.2. The van der Waals surface area contributed by atoms with Crippen LogP contribution in [0.4, 0.5) is 4.39 Å². The number of aromatic nitrogens is 2. The van der Waals surface area contributed by atoms with Crippen LogP contribution in [0.2, 0.25) is 0 Å². The van der Waals surface area contributed by atoms with E-state index >= 15 is 0 Å². The van der Waals surface area contributed by atoms with Crippen molar-refractivity contribution >= 4 is 38.6 Å². The van der Waals surface area contributed by atoms with E-state index in [1.807, 2.05) is 18.2 Å². The summed E-state index contributed by atoms with van der Waals surface area (Å²) in [7, 11) is 0. The molecule has 19 heavy (non-hydrogen) atoms. The number of benzene rings is 2. The molecule has 0 fully saturated rings. The van der Waals surface area contributed by atoms with Gasteiger partial charge in [-0.1, -0.05) is 28.1 Å². The Labute approximate surface area is 123 Å². The van der Waals surface area contributed by atoms with Crippen LogP contribution in [0, 0.1) is 5.82 Å². The molecule has 0 saturated heterocycles. The molecule has 0 bridgehead atoms. The maximum Gasteiger partial charge on any atom is 0.147 e. The molecule has 0 N–H and O–H groups in total. The van der Waals surface area contributed by atoms with Gasteiger partial charge in [0.25, 0.3) is 0 Å². The maximum atomic E-state index is 14.0. The summed E-state index contributed by atoms with van der Waals surface area (Å²) in [5, 5.41) is 0. The van der Waals surface area contributed by atoms with E-state index in [1.54, 1.807) is 22.8 Å². The van der Waals surface area contributed by atoms with Crippen molar-refractivity contribution < 1.29 is 4.39 Å². The zero-order valence-corrected chi connectivity index (χ0v) is 12.1. The number of rotatable bonds is 2. The van der Waals surface area contributed by atoms with E-state index in [0.29, 0.717) is 11.5 Å². The number of alkyl halides is 1. The van der Waals surface area contributed by atoms with Crippen molar-refractivity contribution in [3.05, 3.63) is 58.6 Å². The Morgan fingerprint density at radius 1 is 1.21 bits per heavy atom. The van der Waals surface area contributed by atoms with Crippen LogP contribution in [-0.4, -0.2) is 9.55 Å². The average molecular weight is 340 g/mol. The van der Waals surface area contributed by atoms with Crippen molar-refractivity contribution in [2.45, 2.75) is 5.88 Å². The first kappa shape index (κ1) is 12.6. The Kier molecular flexibility index (Phi) is 3.29. The van der Waals surface area contributed by atoms with Crippen LogP contribution in [0.3, 0.4) is 0 Å². The van der Waals surface area contributed by atoms with Crippen molar-refractivity contribution in [2.75, 3.05) is 0 Å². The van der Waals surface area contributed by atoms with Crippen molar-refractivity contribution in [1.82, 2.24) is 9.55 Å². The van der Waals surface area contributed by atoms with Gasteiger partial charge in [-0.05, 0) is 30.3 Å². The van der Waals surface area contributed by atoms with Crippen LogP contribution in [0.5, 0.6) is 0 Å². The number of hydrogen-bond donors (Lipinski definition) is 0. The fourth-order valence-corrected chi connectivity index (χ4v) is 2.62. The molecule has 0 aliphatic heterocycles. The predicted molar refractivity (Wildman–Crippen MR) is 78.3 cm³/mol. The van der Waals surface area contributed by atoms with E-state index in [1.165, 1.54) is 6.07 Å². The smallest absolute Gasteiger partial charge is 0.147 e. The lowest BCUT2D eigenvalue weighted by Gasteiger charge is -2.08. The summed E-state index contributed by atoms with van der Waals surface area (Å²) in [6.45, 7) is 0. The van der Waals surface area contributed by atoms with E-state index in [-0.39, 0.29) is 11.7 Å². The first-order valence-corrected chi connectivity index (χ1v) is 7.01. The second kappa shape index (κ2) is 4.94. The van der Waals surface area contributed by atoms with Gasteiger partial charge in [-0.2, -0.15) is 0 Å². The van der Waals surface area contributed by atoms with Crippen LogP contribution in [0.1, 0.15) is 5.82 Å². The quantitative estimate of drug-likeness (QED) is 0.621. The molecule has 0 aliphatic carbocycles. The summed E-state index contributed by atoms with van der Waals surface area (Å²) in [6.07, 6.45) is 0. The highest BCUT2D eigenvalue weighted by atomic mass is 79.9. The predicted octanol–water partition coefficient (Wildman–Crippen LogP) is 4.67. The van der Waals surface area contributed by atoms with Gasteiger partial charge >= 0.3 is 0 Å². The molecule has 0 atom stereocenters. The summed E-state index contributed by atoms with van der Waals surface area (Å²) < 4.78 is 16.7. The lowest BCUT2D eigenvalue weighted by Crippen LogP contribution is -2.01. The topological polar surface area (TPSA) is 17.8 Å². The molecule has 96 valence electrons. The van der Waals surface area contributed by atoms with E-state index in [0.717, 1.165) is 15.5 Å². The minimum atomic E-state index is -0.295. The minimum Gasteiger partial charge on any atom is -0.292 e. The van der Waals surface area contributed by atoms with E-state index < -0.39 is 0 Å². The van der Waals surface area contributed by atoms with Crippen LogP contribution in [0.25, 0.3) is 16.7 Å². The molecule has 0 spiro atoms. The van der Waals surface area contributed by atoms with Crippen molar-refractivity contribution in [3.63, 3.8) is 0 Å². The zero-order valence-electron chi connectivity index (χ0n) is 9.78. The zero-order chi connectivity index (χ0) is 13.4. The molecular formula is C14H9BrClFN2. The fourth-order valence-electron chi connectivity index (χ4n) is 2.09. The highest BCUT2D eigenvalue weighted by Crippen LogP contribution is 2.26. The first-order valence-electron chi connectivity index (χ1n) is 5.68.